The number of carbonyl (C=O) groups is 1. The van der Waals surface area contributed by atoms with Crippen LogP contribution in [0.2, 0.25) is 0 Å². The zero-order chi connectivity index (χ0) is 11.8. The molecule has 1 fully saturated rings. The maximum absolute atomic E-state index is 13.2. The molecule has 0 aromatic carbocycles. The molecule has 2 rings (SSSR count). The molecule has 86 valence electrons. The van der Waals surface area contributed by atoms with Crippen LogP contribution in [0.3, 0.4) is 0 Å². The molecular formula is C11H13FN2O2. The summed E-state index contributed by atoms with van der Waals surface area (Å²) in [5.74, 6) is -1.18. The molecule has 1 saturated heterocycles. The van der Waals surface area contributed by atoms with Crippen LogP contribution in [0.25, 0.3) is 0 Å². The van der Waals surface area contributed by atoms with Crippen LogP contribution in [0.5, 0.6) is 0 Å². The summed E-state index contributed by atoms with van der Waals surface area (Å²) >= 11 is 0. The van der Waals surface area contributed by atoms with Gasteiger partial charge in [-0.2, -0.15) is 4.39 Å². The first-order valence-electron chi connectivity index (χ1n) is 5.18. The van der Waals surface area contributed by atoms with Crippen molar-refractivity contribution in [2.75, 3.05) is 13.1 Å². The van der Waals surface area contributed by atoms with Crippen LogP contribution in [0.15, 0.2) is 18.3 Å². The van der Waals surface area contributed by atoms with Crippen molar-refractivity contribution in [3.05, 3.63) is 29.8 Å². The minimum atomic E-state index is -0.797. The van der Waals surface area contributed by atoms with E-state index in [0.717, 1.165) is 0 Å². The van der Waals surface area contributed by atoms with Crippen molar-refractivity contribution >= 4 is 5.91 Å². The van der Waals surface area contributed by atoms with E-state index in [0.29, 0.717) is 6.42 Å². The van der Waals surface area contributed by atoms with Crippen LogP contribution in [0.1, 0.15) is 23.7 Å². The predicted molar refractivity (Wildman–Crippen MR) is 55.3 cm³/mol. The molecule has 0 aliphatic carbocycles. The lowest BCUT2D eigenvalue weighted by Crippen LogP contribution is -2.63. The Morgan fingerprint density at radius 1 is 1.69 bits per heavy atom. The van der Waals surface area contributed by atoms with Crippen molar-refractivity contribution in [1.82, 2.24) is 9.88 Å². The van der Waals surface area contributed by atoms with Crippen molar-refractivity contribution in [1.29, 1.82) is 0 Å². The van der Waals surface area contributed by atoms with Crippen LogP contribution in [-0.2, 0) is 0 Å². The molecule has 2 heterocycles. The Labute approximate surface area is 92.7 Å². The van der Waals surface area contributed by atoms with E-state index in [1.807, 2.05) is 6.92 Å². The highest BCUT2D eigenvalue weighted by molar-refractivity contribution is 5.94. The Balaban J connectivity index is 2.09. The molecule has 1 aromatic heterocycles. The molecule has 1 amide bonds. The molecule has 0 unspecified atom stereocenters. The number of likely N-dealkylation sites (tertiary alicyclic amines) is 1. The molecule has 0 spiro atoms. The van der Waals surface area contributed by atoms with Gasteiger partial charge in [0.05, 0.1) is 24.3 Å². The normalized spacial score (nSPS) is 18.1. The zero-order valence-corrected chi connectivity index (χ0v) is 8.98. The molecular weight excluding hydrogens is 211 g/mol. The summed E-state index contributed by atoms with van der Waals surface area (Å²) in [4.78, 5) is 16.6. The summed E-state index contributed by atoms with van der Waals surface area (Å²) in [6.45, 7) is 2.37. The van der Waals surface area contributed by atoms with Gasteiger partial charge in [0.25, 0.3) is 5.91 Å². The Bertz CT molecular complexity index is 416. The molecule has 0 bridgehead atoms. The standard InChI is InChI=1S/C11H13FN2O2/c1-2-11(16)6-14(7-11)10(15)8-4-3-5-13-9(8)12/h3-5,16H,2,6-7H2,1H3. The highest BCUT2D eigenvalue weighted by Gasteiger charge is 2.42. The number of hydrogen-bond donors (Lipinski definition) is 1. The Morgan fingerprint density at radius 3 is 2.94 bits per heavy atom. The van der Waals surface area contributed by atoms with Gasteiger partial charge in [0.1, 0.15) is 0 Å². The summed E-state index contributed by atoms with van der Waals surface area (Å²) in [5.41, 5.74) is -0.838. The van der Waals surface area contributed by atoms with Gasteiger partial charge in [-0.3, -0.25) is 4.79 Å². The average molecular weight is 224 g/mol. The number of hydrogen-bond acceptors (Lipinski definition) is 3. The maximum Gasteiger partial charge on any atom is 0.258 e. The summed E-state index contributed by atoms with van der Waals surface area (Å²) in [6, 6.07) is 2.91. The number of aromatic nitrogens is 1. The van der Waals surface area contributed by atoms with E-state index in [1.165, 1.54) is 23.2 Å². The van der Waals surface area contributed by atoms with E-state index in [9.17, 15) is 14.3 Å². The Kier molecular flexibility index (Phi) is 2.63. The molecule has 0 radical (unpaired) electrons. The summed E-state index contributed by atoms with van der Waals surface area (Å²) < 4.78 is 13.2. The number of pyridine rings is 1. The van der Waals surface area contributed by atoms with Crippen molar-refractivity contribution in [3.8, 4) is 0 Å². The average Bonchev–Trinajstić information content (AvgIpc) is 2.24. The molecule has 1 aliphatic heterocycles. The molecule has 0 atom stereocenters. The van der Waals surface area contributed by atoms with E-state index in [2.05, 4.69) is 4.98 Å². The zero-order valence-electron chi connectivity index (χ0n) is 8.98. The molecule has 16 heavy (non-hydrogen) atoms. The molecule has 0 saturated carbocycles. The van der Waals surface area contributed by atoms with Gasteiger partial charge < -0.3 is 10.0 Å². The molecule has 1 aromatic rings. The van der Waals surface area contributed by atoms with Gasteiger partial charge in [0.2, 0.25) is 5.95 Å². The first-order chi connectivity index (χ1) is 7.56. The smallest absolute Gasteiger partial charge is 0.258 e. The topological polar surface area (TPSA) is 53.4 Å². The highest BCUT2D eigenvalue weighted by atomic mass is 19.1. The molecule has 1 N–H and O–H groups in total. The first-order valence-corrected chi connectivity index (χ1v) is 5.18. The Morgan fingerprint density at radius 2 is 2.38 bits per heavy atom. The van der Waals surface area contributed by atoms with Crippen LogP contribution in [-0.4, -0.2) is 39.6 Å². The van der Waals surface area contributed by atoms with Crippen LogP contribution in [0, 0.1) is 5.95 Å². The minimum Gasteiger partial charge on any atom is -0.386 e. The number of β-amino-alcohol motifs (C(OH)–C–C–N with tert-alkyl or cyclic N) is 1. The van der Waals surface area contributed by atoms with Gasteiger partial charge in [-0.25, -0.2) is 4.98 Å². The van der Waals surface area contributed by atoms with Gasteiger partial charge in [-0.1, -0.05) is 6.92 Å². The van der Waals surface area contributed by atoms with E-state index >= 15 is 0 Å². The molecule has 5 heteroatoms. The third-order valence-corrected chi connectivity index (χ3v) is 2.91. The summed E-state index contributed by atoms with van der Waals surface area (Å²) in [6.07, 6.45) is 1.89. The van der Waals surface area contributed by atoms with Crippen LogP contribution >= 0.6 is 0 Å². The fraction of sp³-hybridized carbons (Fsp3) is 0.455. The van der Waals surface area contributed by atoms with Crippen molar-refractivity contribution < 1.29 is 14.3 Å². The minimum absolute atomic E-state index is 0.0411. The lowest BCUT2D eigenvalue weighted by atomic mass is 9.91. The van der Waals surface area contributed by atoms with Crippen molar-refractivity contribution in [3.63, 3.8) is 0 Å². The number of halogens is 1. The number of nitrogens with zero attached hydrogens (tertiary/aromatic N) is 2. The van der Waals surface area contributed by atoms with Crippen molar-refractivity contribution in [2.24, 2.45) is 0 Å². The Hall–Kier alpha value is -1.49. The lowest BCUT2D eigenvalue weighted by Gasteiger charge is -2.46. The van der Waals surface area contributed by atoms with Crippen LogP contribution < -0.4 is 0 Å². The number of rotatable bonds is 2. The monoisotopic (exact) mass is 224 g/mol. The first kappa shape index (κ1) is 11.0. The van der Waals surface area contributed by atoms with Gasteiger partial charge in [0.15, 0.2) is 0 Å². The summed E-state index contributed by atoms with van der Waals surface area (Å²) in [7, 11) is 0. The molecule has 4 nitrogen and oxygen atoms in total. The second kappa shape index (κ2) is 3.83. The third-order valence-electron chi connectivity index (χ3n) is 2.91. The van der Waals surface area contributed by atoms with Gasteiger partial charge in [-0.15, -0.1) is 0 Å². The summed E-state index contributed by atoms with van der Waals surface area (Å²) in [5, 5.41) is 9.75. The van der Waals surface area contributed by atoms with Gasteiger partial charge in [-0.05, 0) is 18.6 Å². The predicted octanol–water partition coefficient (Wildman–Crippen LogP) is 0.818. The van der Waals surface area contributed by atoms with E-state index in [4.69, 9.17) is 0 Å². The third kappa shape index (κ3) is 1.78. The maximum atomic E-state index is 13.2. The highest BCUT2D eigenvalue weighted by Crippen LogP contribution is 2.25. The number of carbonyl (C=O) groups excluding carboxylic acids is 1. The van der Waals surface area contributed by atoms with Crippen molar-refractivity contribution in [2.45, 2.75) is 18.9 Å². The fourth-order valence-electron chi connectivity index (χ4n) is 1.75. The van der Waals surface area contributed by atoms with E-state index < -0.39 is 17.5 Å². The van der Waals surface area contributed by atoms with E-state index in [1.54, 1.807) is 0 Å². The van der Waals surface area contributed by atoms with Gasteiger partial charge in [0, 0.05) is 6.20 Å². The van der Waals surface area contributed by atoms with Crippen LogP contribution in [0.4, 0.5) is 4.39 Å². The lowest BCUT2D eigenvalue weighted by molar-refractivity contribution is -0.0828. The van der Waals surface area contributed by atoms with E-state index in [-0.39, 0.29) is 18.7 Å². The second-order valence-electron chi connectivity index (χ2n) is 4.08. The largest absolute Gasteiger partial charge is 0.386 e. The molecule has 1 aliphatic rings. The quantitative estimate of drug-likeness (QED) is 0.756. The SMILES string of the molecule is CCC1(O)CN(C(=O)c2cccnc2F)C1. The second-order valence-corrected chi connectivity index (χ2v) is 4.08. The number of amides is 1. The van der Waals surface area contributed by atoms with Gasteiger partial charge >= 0.3 is 0 Å². The fourth-order valence-corrected chi connectivity index (χ4v) is 1.75. The number of aliphatic hydroxyl groups is 1.